The van der Waals surface area contributed by atoms with E-state index < -0.39 is 24.5 Å². The fourth-order valence-electron chi connectivity index (χ4n) is 3.70. The van der Waals surface area contributed by atoms with Crippen molar-refractivity contribution < 1.29 is 23.8 Å². The summed E-state index contributed by atoms with van der Waals surface area (Å²) >= 11 is 0. The fourth-order valence-corrected chi connectivity index (χ4v) is 3.70. The average molecular weight is 367 g/mol. The number of hydrogen-bond donors (Lipinski definition) is 0. The molecule has 0 aliphatic carbocycles. The van der Waals surface area contributed by atoms with Gasteiger partial charge >= 0.3 is 5.97 Å². The maximum atomic E-state index is 13.0. The molecule has 6 heteroatoms. The molecular weight excluding hydrogens is 346 g/mol. The van der Waals surface area contributed by atoms with Gasteiger partial charge in [-0.15, -0.1) is 0 Å². The lowest BCUT2D eigenvalue weighted by Crippen LogP contribution is -2.57. The van der Waals surface area contributed by atoms with Crippen LogP contribution in [-0.2, 0) is 36.8 Å². The number of benzene rings is 2. The predicted molar refractivity (Wildman–Crippen MR) is 96.5 cm³/mol. The Morgan fingerprint density at radius 2 is 1.63 bits per heavy atom. The zero-order valence-corrected chi connectivity index (χ0v) is 15.0. The second-order valence-electron chi connectivity index (χ2n) is 6.72. The van der Waals surface area contributed by atoms with E-state index in [9.17, 15) is 9.59 Å². The van der Waals surface area contributed by atoms with E-state index in [4.69, 9.17) is 14.2 Å². The molecule has 4 atom stereocenters. The van der Waals surface area contributed by atoms with Crippen LogP contribution >= 0.6 is 0 Å². The maximum Gasteiger partial charge on any atom is 0.337 e. The Bertz CT molecular complexity index is 810. The minimum atomic E-state index is -1.06. The van der Waals surface area contributed by atoms with E-state index in [1.54, 1.807) is 4.90 Å². The smallest absolute Gasteiger partial charge is 0.337 e. The van der Waals surface area contributed by atoms with Crippen LogP contribution in [0, 0.1) is 0 Å². The van der Waals surface area contributed by atoms with Crippen molar-refractivity contribution in [1.29, 1.82) is 0 Å². The molecule has 4 rings (SSSR count). The first-order valence-corrected chi connectivity index (χ1v) is 8.94. The van der Waals surface area contributed by atoms with Crippen molar-refractivity contribution in [1.82, 2.24) is 4.90 Å². The number of nitrogens with zero attached hydrogens (tertiary/aromatic N) is 1. The van der Waals surface area contributed by atoms with E-state index in [0.717, 1.165) is 11.1 Å². The summed E-state index contributed by atoms with van der Waals surface area (Å²) in [6.07, 6.45) is -1.97. The highest BCUT2D eigenvalue weighted by atomic mass is 16.8. The summed E-state index contributed by atoms with van der Waals surface area (Å²) in [5.41, 5.74) is 2.07. The van der Waals surface area contributed by atoms with Crippen LogP contribution in [-0.4, -0.2) is 48.4 Å². The first-order chi connectivity index (χ1) is 13.2. The van der Waals surface area contributed by atoms with Gasteiger partial charge in [0.2, 0.25) is 6.29 Å². The number of carbonyl (C=O) groups is 2. The number of methoxy groups -OCH3 is 1. The van der Waals surface area contributed by atoms with Crippen LogP contribution in [0.2, 0.25) is 0 Å². The molecule has 2 saturated heterocycles. The second-order valence-corrected chi connectivity index (χ2v) is 6.72. The van der Waals surface area contributed by atoms with Gasteiger partial charge in [-0.05, 0) is 17.5 Å². The number of fused-ring (bicyclic) bond motifs is 2. The van der Waals surface area contributed by atoms with Crippen molar-refractivity contribution in [3.05, 3.63) is 71.8 Å². The van der Waals surface area contributed by atoms with Gasteiger partial charge in [0.25, 0.3) is 5.91 Å². The molecule has 1 amide bonds. The van der Waals surface area contributed by atoms with Gasteiger partial charge < -0.3 is 19.1 Å². The van der Waals surface area contributed by atoms with Gasteiger partial charge in [0.15, 0.2) is 6.10 Å². The molecular formula is C21H21NO5. The Labute approximate surface area is 157 Å². The lowest BCUT2D eigenvalue weighted by atomic mass is 9.95. The minimum absolute atomic E-state index is 0.262. The molecule has 0 aromatic heterocycles. The molecule has 6 nitrogen and oxygen atoms in total. The Kier molecular flexibility index (Phi) is 4.92. The van der Waals surface area contributed by atoms with Crippen LogP contribution in [0.15, 0.2) is 60.7 Å². The van der Waals surface area contributed by atoms with E-state index >= 15 is 0 Å². The zero-order chi connectivity index (χ0) is 18.8. The highest BCUT2D eigenvalue weighted by molar-refractivity contribution is 5.84. The van der Waals surface area contributed by atoms with Crippen LogP contribution in [0.4, 0.5) is 0 Å². The summed E-state index contributed by atoms with van der Waals surface area (Å²) < 4.78 is 16.2. The number of ether oxygens (including phenoxy) is 3. The normalized spacial score (nSPS) is 26.9. The molecule has 0 saturated carbocycles. The van der Waals surface area contributed by atoms with Gasteiger partial charge in [-0.3, -0.25) is 4.79 Å². The van der Waals surface area contributed by atoms with E-state index in [1.807, 2.05) is 60.7 Å². The molecule has 2 aromatic rings. The molecule has 2 heterocycles. The molecule has 0 unspecified atom stereocenters. The largest absolute Gasteiger partial charge is 0.467 e. The molecule has 2 aliphatic rings. The first kappa shape index (κ1) is 17.7. The highest BCUT2D eigenvalue weighted by Crippen LogP contribution is 2.34. The third-order valence-electron chi connectivity index (χ3n) is 5.03. The zero-order valence-electron chi connectivity index (χ0n) is 15.0. The summed E-state index contributed by atoms with van der Waals surface area (Å²) in [5.74, 6) is -0.780. The third kappa shape index (κ3) is 3.46. The SMILES string of the molecule is COC(=O)[C@@H]1O[C@@H]2O[C@@H]1[C@H](Cc1ccccc1)N(Cc1ccccc1)C2=O. The van der Waals surface area contributed by atoms with Crippen LogP contribution in [0.25, 0.3) is 0 Å². The van der Waals surface area contributed by atoms with Crippen molar-refractivity contribution in [2.45, 2.75) is 37.5 Å². The summed E-state index contributed by atoms with van der Waals surface area (Å²) in [6, 6.07) is 19.3. The number of rotatable bonds is 5. The van der Waals surface area contributed by atoms with Gasteiger partial charge in [-0.2, -0.15) is 0 Å². The van der Waals surface area contributed by atoms with Crippen molar-refractivity contribution >= 4 is 11.9 Å². The Morgan fingerprint density at radius 1 is 1.00 bits per heavy atom. The van der Waals surface area contributed by atoms with Crippen molar-refractivity contribution in [3.63, 3.8) is 0 Å². The van der Waals surface area contributed by atoms with Gasteiger partial charge in [0.1, 0.15) is 6.10 Å². The van der Waals surface area contributed by atoms with E-state index in [0.29, 0.717) is 13.0 Å². The van der Waals surface area contributed by atoms with Gasteiger partial charge in [-0.1, -0.05) is 60.7 Å². The lowest BCUT2D eigenvalue weighted by molar-refractivity contribution is -0.179. The average Bonchev–Trinajstić information content (AvgIpc) is 3.12. The number of amides is 1. The molecule has 2 bridgehead atoms. The Balaban J connectivity index is 1.66. The number of morpholine rings is 1. The molecule has 2 aliphatic heterocycles. The van der Waals surface area contributed by atoms with E-state index in [2.05, 4.69) is 0 Å². The topological polar surface area (TPSA) is 65.1 Å². The molecule has 140 valence electrons. The van der Waals surface area contributed by atoms with Gasteiger partial charge in [0, 0.05) is 6.54 Å². The fraction of sp³-hybridized carbons (Fsp3) is 0.333. The van der Waals surface area contributed by atoms with E-state index in [1.165, 1.54) is 7.11 Å². The Hall–Kier alpha value is -2.70. The number of hydrogen-bond acceptors (Lipinski definition) is 5. The molecule has 0 spiro atoms. The molecule has 2 fully saturated rings. The summed E-state index contributed by atoms with van der Waals surface area (Å²) in [4.78, 5) is 26.9. The van der Waals surface area contributed by atoms with Crippen LogP contribution in [0.1, 0.15) is 11.1 Å². The minimum Gasteiger partial charge on any atom is -0.467 e. The predicted octanol–water partition coefficient (Wildman–Crippen LogP) is 1.92. The van der Waals surface area contributed by atoms with E-state index in [-0.39, 0.29) is 11.9 Å². The van der Waals surface area contributed by atoms with Crippen LogP contribution in [0.5, 0.6) is 0 Å². The quantitative estimate of drug-likeness (QED) is 0.756. The van der Waals surface area contributed by atoms with Crippen LogP contribution in [0.3, 0.4) is 0 Å². The summed E-state index contributed by atoms with van der Waals surface area (Å²) in [7, 11) is 1.31. The lowest BCUT2D eigenvalue weighted by Gasteiger charge is -2.39. The van der Waals surface area contributed by atoms with Crippen molar-refractivity contribution in [2.75, 3.05) is 7.11 Å². The standard InChI is InChI=1S/C21H21NO5/c1-25-20(24)18-17-16(12-14-8-4-2-5-9-14)22(19(23)21(26-17)27-18)13-15-10-6-3-7-11-15/h2-11,16-18,21H,12-13H2,1H3/t16-,17+,18+,21-/m0/s1. The highest BCUT2D eigenvalue weighted by Gasteiger charge is 2.55. The van der Waals surface area contributed by atoms with Gasteiger partial charge in [0.05, 0.1) is 13.2 Å². The monoisotopic (exact) mass is 367 g/mol. The summed E-state index contributed by atoms with van der Waals surface area (Å²) in [5, 5.41) is 0. The van der Waals surface area contributed by atoms with Crippen molar-refractivity contribution in [3.8, 4) is 0 Å². The molecule has 27 heavy (non-hydrogen) atoms. The third-order valence-corrected chi connectivity index (χ3v) is 5.03. The Morgan fingerprint density at radius 3 is 2.26 bits per heavy atom. The van der Waals surface area contributed by atoms with Gasteiger partial charge in [-0.25, -0.2) is 4.79 Å². The second kappa shape index (κ2) is 7.50. The molecule has 0 radical (unpaired) electrons. The maximum absolute atomic E-state index is 13.0. The summed E-state index contributed by atoms with van der Waals surface area (Å²) in [6.45, 7) is 0.435. The molecule has 2 aromatic carbocycles. The van der Waals surface area contributed by atoms with Crippen LogP contribution < -0.4 is 0 Å². The number of esters is 1. The first-order valence-electron chi connectivity index (χ1n) is 8.94. The molecule has 0 N–H and O–H groups in total. The van der Waals surface area contributed by atoms with Crippen molar-refractivity contribution in [2.24, 2.45) is 0 Å². The number of carbonyl (C=O) groups excluding carboxylic acids is 2.